The summed E-state index contributed by atoms with van der Waals surface area (Å²) in [5.41, 5.74) is 0.953. The van der Waals surface area contributed by atoms with E-state index >= 15 is 0 Å². The lowest BCUT2D eigenvalue weighted by Crippen LogP contribution is -2.38. The van der Waals surface area contributed by atoms with Crippen molar-refractivity contribution in [3.8, 4) is 0 Å². The van der Waals surface area contributed by atoms with Gasteiger partial charge in [0.2, 0.25) is 5.91 Å². The number of halogens is 2. The number of rotatable bonds is 7. The standard InChI is InChI=1S/C16H22Cl2N2O2/c17-14-4-2-13(15(18)12-14)3-5-16(21)19-6-1-7-20-8-10-22-11-9-20/h2,4,12H,1,3,5-11H2,(H,19,21). The van der Waals surface area contributed by atoms with E-state index in [0.29, 0.717) is 29.4 Å². The number of amides is 1. The second-order valence-electron chi connectivity index (χ2n) is 5.39. The predicted molar refractivity (Wildman–Crippen MR) is 89.7 cm³/mol. The molecule has 1 saturated heterocycles. The van der Waals surface area contributed by atoms with Crippen molar-refractivity contribution >= 4 is 29.1 Å². The van der Waals surface area contributed by atoms with E-state index in [9.17, 15) is 4.79 Å². The lowest BCUT2D eigenvalue weighted by Gasteiger charge is -2.26. The predicted octanol–water partition coefficient (Wildman–Crippen LogP) is 2.76. The summed E-state index contributed by atoms with van der Waals surface area (Å²) in [6, 6.07) is 5.37. The number of hydrogen-bond acceptors (Lipinski definition) is 3. The molecule has 0 spiro atoms. The van der Waals surface area contributed by atoms with Gasteiger partial charge in [0.15, 0.2) is 0 Å². The molecule has 122 valence electrons. The maximum atomic E-state index is 11.8. The molecular formula is C16H22Cl2N2O2. The summed E-state index contributed by atoms with van der Waals surface area (Å²) < 4.78 is 5.30. The van der Waals surface area contributed by atoms with Gasteiger partial charge in [-0.2, -0.15) is 0 Å². The van der Waals surface area contributed by atoms with Gasteiger partial charge in [0.25, 0.3) is 0 Å². The highest BCUT2D eigenvalue weighted by Crippen LogP contribution is 2.21. The van der Waals surface area contributed by atoms with Crippen molar-refractivity contribution in [1.29, 1.82) is 0 Å². The van der Waals surface area contributed by atoms with Crippen LogP contribution in [-0.2, 0) is 16.0 Å². The van der Waals surface area contributed by atoms with Crippen LogP contribution in [0.5, 0.6) is 0 Å². The Bertz CT molecular complexity index is 491. The van der Waals surface area contributed by atoms with Gasteiger partial charge in [-0.05, 0) is 37.1 Å². The van der Waals surface area contributed by atoms with Crippen LogP contribution in [0.3, 0.4) is 0 Å². The van der Waals surface area contributed by atoms with Crippen LogP contribution in [0.15, 0.2) is 18.2 Å². The Hall–Kier alpha value is -0.810. The maximum absolute atomic E-state index is 11.8. The normalized spacial score (nSPS) is 15.7. The van der Waals surface area contributed by atoms with Crippen molar-refractivity contribution in [2.45, 2.75) is 19.3 Å². The first kappa shape index (κ1) is 17.5. The molecule has 1 fully saturated rings. The van der Waals surface area contributed by atoms with E-state index in [0.717, 1.165) is 44.8 Å². The summed E-state index contributed by atoms with van der Waals surface area (Å²) in [6.07, 6.45) is 2.04. The average molecular weight is 345 g/mol. The summed E-state index contributed by atoms with van der Waals surface area (Å²) >= 11 is 11.9. The molecule has 1 N–H and O–H groups in total. The van der Waals surface area contributed by atoms with E-state index in [4.69, 9.17) is 27.9 Å². The molecule has 0 bridgehead atoms. The van der Waals surface area contributed by atoms with Crippen LogP contribution in [-0.4, -0.2) is 50.2 Å². The molecule has 1 aliphatic heterocycles. The molecule has 6 heteroatoms. The minimum atomic E-state index is 0.0630. The summed E-state index contributed by atoms with van der Waals surface area (Å²) in [5, 5.41) is 4.19. The topological polar surface area (TPSA) is 41.6 Å². The van der Waals surface area contributed by atoms with E-state index < -0.39 is 0 Å². The summed E-state index contributed by atoms with van der Waals surface area (Å²) in [4.78, 5) is 14.2. The third kappa shape index (κ3) is 6.13. The van der Waals surface area contributed by atoms with Crippen LogP contribution in [0.2, 0.25) is 10.0 Å². The van der Waals surface area contributed by atoms with Crippen LogP contribution in [0.25, 0.3) is 0 Å². The highest BCUT2D eigenvalue weighted by atomic mass is 35.5. The van der Waals surface area contributed by atoms with E-state index in [1.807, 2.05) is 6.07 Å². The van der Waals surface area contributed by atoms with Gasteiger partial charge in [-0.25, -0.2) is 0 Å². The molecule has 1 aliphatic rings. The highest BCUT2D eigenvalue weighted by Gasteiger charge is 2.10. The molecule has 0 saturated carbocycles. The maximum Gasteiger partial charge on any atom is 0.220 e. The lowest BCUT2D eigenvalue weighted by atomic mass is 10.1. The number of hydrogen-bond donors (Lipinski definition) is 1. The fraction of sp³-hybridized carbons (Fsp3) is 0.562. The smallest absolute Gasteiger partial charge is 0.220 e. The number of ether oxygens (including phenoxy) is 1. The summed E-state index contributed by atoms with van der Waals surface area (Å²) in [5.74, 6) is 0.0630. The molecule has 1 aromatic rings. The molecule has 0 aromatic heterocycles. The van der Waals surface area contributed by atoms with E-state index in [1.165, 1.54) is 0 Å². The first-order valence-corrected chi connectivity index (χ1v) is 8.41. The zero-order valence-electron chi connectivity index (χ0n) is 12.6. The SMILES string of the molecule is O=C(CCc1ccc(Cl)cc1Cl)NCCCN1CCOCC1. The minimum Gasteiger partial charge on any atom is -0.379 e. The molecule has 22 heavy (non-hydrogen) atoms. The molecule has 0 radical (unpaired) electrons. The van der Waals surface area contributed by atoms with Gasteiger partial charge < -0.3 is 10.1 Å². The van der Waals surface area contributed by atoms with Crippen LogP contribution >= 0.6 is 23.2 Å². The molecular weight excluding hydrogens is 323 g/mol. The largest absolute Gasteiger partial charge is 0.379 e. The quantitative estimate of drug-likeness (QED) is 0.773. The second-order valence-corrected chi connectivity index (χ2v) is 6.24. The van der Waals surface area contributed by atoms with Crippen LogP contribution in [0.1, 0.15) is 18.4 Å². The molecule has 1 amide bonds. The number of carbonyl (C=O) groups is 1. The van der Waals surface area contributed by atoms with Gasteiger partial charge >= 0.3 is 0 Å². The Labute approximate surface area is 141 Å². The van der Waals surface area contributed by atoms with Gasteiger partial charge in [-0.3, -0.25) is 9.69 Å². The van der Waals surface area contributed by atoms with Gasteiger partial charge in [-0.15, -0.1) is 0 Å². The first-order valence-electron chi connectivity index (χ1n) is 7.66. The van der Waals surface area contributed by atoms with Crippen molar-refractivity contribution in [2.24, 2.45) is 0 Å². The van der Waals surface area contributed by atoms with Crippen LogP contribution in [0, 0.1) is 0 Å². The number of nitrogens with zero attached hydrogens (tertiary/aromatic N) is 1. The molecule has 0 atom stereocenters. The Balaban J connectivity index is 1.59. The fourth-order valence-electron chi connectivity index (χ4n) is 2.42. The molecule has 1 heterocycles. The monoisotopic (exact) mass is 344 g/mol. The average Bonchev–Trinajstić information content (AvgIpc) is 2.52. The zero-order chi connectivity index (χ0) is 15.8. The van der Waals surface area contributed by atoms with E-state index in [2.05, 4.69) is 10.2 Å². The fourth-order valence-corrected chi connectivity index (χ4v) is 2.92. The van der Waals surface area contributed by atoms with Crippen molar-refractivity contribution in [1.82, 2.24) is 10.2 Å². The molecule has 4 nitrogen and oxygen atoms in total. The van der Waals surface area contributed by atoms with Crippen molar-refractivity contribution in [3.05, 3.63) is 33.8 Å². The van der Waals surface area contributed by atoms with E-state index in [1.54, 1.807) is 12.1 Å². The summed E-state index contributed by atoms with van der Waals surface area (Å²) in [7, 11) is 0. The van der Waals surface area contributed by atoms with Gasteiger partial charge in [-0.1, -0.05) is 29.3 Å². The third-order valence-corrected chi connectivity index (χ3v) is 4.30. The third-order valence-electron chi connectivity index (χ3n) is 3.71. The van der Waals surface area contributed by atoms with Gasteiger partial charge in [0.1, 0.15) is 0 Å². The Kier molecular flexibility index (Phi) is 7.46. The Morgan fingerprint density at radius 1 is 1.27 bits per heavy atom. The lowest BCUT2D eigenvalue weighted by molar-refractivity contribution is -0.121. The minimum absolute atomic E-state index is 0.0630. The number of morpholine rings is 1. The van der Waals surface area contributed by atoms with Gasteiger partial charge in [0, 0.05) is 36.1 Å². The molecule has 2 rings (SSSR count). The highest BCUT2D eigenvalue weighted by molar-refractivity contribution is 6.35. The molecule has 0 aliphatic carbocycles. The first-order chi connectivity index (χ1) is 10.6. The molecule has 0 unspecified atom stereocenters. The Morgan fingerprint density at radius 3 is 2.77 bits per heavy atom. The second kappa shape index (κ2) is 9.36. The van der Waals surface area contributed by atoms with Crippen molar-refractivity contribution in [2.75, 3.05) is 39.4 Å². The van der Waals surface area contributed by atoms with E-state index in [-0.39, 0.29) is 5.91 Å². The van der Waals surface area contributed by atoms with Crippen LogP contribution in [0.4, 0.5) is 0 Å². The Morgan fingerprint density at radius 2 is 2.05 bits per heavy atom. The number of aryl methyl sites for hydroxylation is 1. The number of nitrogens with one attached hydrogen (secondary N) is 1. The van der Waals surface area contributed by atoms with Gasteiger partial charge in [0.05, 0.1) is 13.2 Å². The summed E-state index contributed by atoms with van der Waals surface area (Å²) in [6.45, 7) is 5.33. The number of carbonyl (C=O) groups excluding carboxylic acids is 1. The van der Waals surface area contributed by atoms with Crippen molar-refractivity contribution < 1.29 is 9.53 Å². The number of benzene rings is 1. The van der Waals surface area contributed by atoms with Crippen LogP contribution < -0.4 is 5.32 Å². The zero-order valence-corrected chi connectivity index (χ0v) is 14.1. The van der Waals surface area contributed by atoms with Crippen molar-refractivity contribution in [3.63, 3.8) is 0 Å². The molecule has 1 aromatic carbocycles.